The lowest BCUT2D eigenvalue weighted by Crippen LogP contribution is -2.37. The number of hydrogen-bond donors (Lipinski definition) is 1. The Kier molecular flexibility index (Phi) is 5.06. The summed E-state index contributed by atoms with van der Waals surface area (Å²) in [6.07, 6.45) is 6.89. The fourth-order valence-electron chi connectivity index (χ4n) is 3.74. The largest absolute Gasteiger partial charge is 0.339 e. The summed E-state index contributed by atoms with van der Waals surface area (Å²) in [5.74, 6) is -0.0381. The summed E-state index contributed by atoms with van der Waals surface area (Å²) < 4.78 is 1.43. The number of carbonyl (C=O) groups is 1. The smallest absolute Gasteiger partial charge is 0.316 e. The van der Waals surface area contributed by atoms with Crippen LogP contribution in [0.1, 0.15) is 55.8 Å². The Morgan fingerprint density at radius 2 is 1.88 bits per heavy atom. The first-order chi connectivity index (χ1) is 12.0. The highest BCUT2D eigenvalue weighted by molar-refractivity contribution is 5.97. The number of nitrogens with zero attached hydrogens (tertiary/aromatic N) is 2. The Morgan fingerprint density at radius 3 is 2.52 bits per heavy atom. The van der Waals surface area contributed by atoms with E-state index in [1.54, 1.807) is 18.2 Å². The van der Waals surface area contributed by atoms with Crippen molar-refractivity contribution in [1.82, 2.24) is 14.5 Å². The van der Waals surface area contributed by atoms with Gasteiger partial charge in [-0.05, 0) is 38.0 Å². The molecule has 0 spiro atoms. The van der Waals surface area contributed by atoms with E-state index in [0.29, 0.717) is 23.1 Å². The number of aromatic nitrogens is 2. The van der Waals surface area contributed by atoms with Crippen molar-refractivity contribution in [1.29, 1.82) is 0 Å². The first-order valence-electron chi connectivity index (χ1n) is 9.07. The minimum atomic E-state index is -0.656. The van der Waals surface area contributed by atoms with Crippen LogP contribution in [0, 0.1) is 0 Å². The van der Waals surface area contributed by atoms with E-state index in [2.05, 4.69) is 4.98 Å². The second-order valence-corrected chi connectivity index (χ2v) is 6.80. The van der Waals surface area contributed by atoms with Crippen LogP contribution in [0.2, 0.25) is 0 Å². The normalized spacial score (nSPS) is 15.9. The molecule has 1 saturated carbocycles. The fraction of sp³-hybridized carbons (Fsp3) is 0.526. The maximum atomic E-state index is 12.9. The maximum absolute atomic E-state index is 12.9. The van der Waals surface area contributed by atoms with E-state index in [4.69, 9.17) is 0 Å². The third-order valence-corrected chi connectivity index (χ3v) is 5.23. The van der Waals surface area contributed by atoms with Crippen molar-refractivity contribution in [2.24, 2.45) is 0 Å². The van der Waals surface area contributed by atoms with Gasteiger partial charge in [0, 0.05) is 25.2 Å². The molecule has 1 aliphatic rings. The van der Waals surface area contributed by atoms with Gasteiger partial charge in [-0.1, -0.05) is 25.7 Å². The first kappa shape index (κ1) is 17.5. The number of nitrogens with one attached hydrogen (secondary N) is 1. The molecule has 1 N–H and O–H groups in total. The molecule has 1 aliphatic carbocycles. The Bertz CT molecular complexity index is 889. The third-order valence-electron chi connectivity index (χ3n) is 5.23. The Balaban J connectivity index is 1.95. The van der Waals surface area contributed by atoms with E-state index in [1.165, 1.54) is 17.4 Å². The van der Waals surface area contributed by atoms with Crippen molar-refractivity contribution in [2.75, 3.05) is 7.05 Å². The molecule has 0 bridgehead atoms. The van der Waals surface area contributed by atoms with Gasteiger partial charge in [-0.25, -0.2) is 0 Å². The Hall–Kier alpha value is -2.37. The molecular weight excluding hydrogens is 318 g/mol. The number of benzene rings is 1. The van der Waals surface area contributed by atoms with Crippen LogP contribution in [0.5, 0.6) is 0 Å². The summed E-state index contributed by atoms with van der Waals surface area (Å²) in [6, 6.07) is 5.43. The average Bonchev–Trinajstić information content (AvgIpc) is 2.90. The Labute approximate surface area is 146 Å². The number of H-pyrrole nitrogens is 1. The first-order valence-corrected chi connectivity index (χ1v) is 9.07. The molecule has 25 heavy (non-hydrogen) atoms. The van der Waals surface area contributed by atoms with Crippen molar-refractivity contribution in [2.45, 2.75) is 58.0 Å². The number of rotatable bonds is 3. The van der Waals surface area contributed by atoms with E-state index < -0.39 is 11.1 Å². The van der Waals surface area contributed by atoms with Gasteiger partial charge in [-0.3, -0.25) is 14.4 Å². The predicted molar refractivity (Wildman–Crippen MR) is 98.1 cm³/mol. The Morgan fingerprint density at radius 1 is 1.20 bits per heavy atom. The number of hydrogen-bond acceptors (Lipinski definition) is 3. The maximum Gasteiger partial charge on any atom is 0.316 e. The number of aromatic amines is 1. The molecule has 1 amide bonds. The van der Waals surface area contributed by atoms with Crippen molar-refractivity contribution in [3.8, 4) is 0 Å². The van der Waals surface area contributed by atoms with E-state index in [1.807, 2.05) is 18.9 Å². The van der Waals surface area contributed by atoms with Gasteiger partial charge in [0.05, 0.1) is 11.0 Å². The van der Waals surface area contributed by atoms with Crippen molar-refractivity contribution >= 4 is 16.9 Å². The molecule has 0 aliphatic heterocycles. The molecule has 134 valence electrons. The van der Waals surface area contributed by atoms with E-state index in [-0.39, 0.29) is 11.9 Å². The fourth-order valence-corrected chi connectivity index (χ4v) is 3.74. The third kappa shape index (κ3) is 3.38. The second kappa shape index (κ2) is 7.25. The van der Waals surface area contributed by atoms with Crippen LogP contribution in [0.25, 0.3) is 11.0 Å². The van der Waals surface area contributed by atoms with Crippen LogP contribution >= 0.6 is 0 Å². The molecule has 1 aromatic heterocycles. The topological polar surface area (TPSA) is 75.2 Å². The van der Waals surface area contributed by atoms with E-state index >= 15 is 0 Å². The highest BCUT2D eigenvalue weighted by Crippen LogP contribution is 2.23. The molecule has 0 atom stereocenters. The standard InChI is InChI=1S/C19H25N3O3/c1-3-22-16-11-10-13(12-15(16)20-17(23)19(22)25)18(24)21(2)14-8-6-4-5-7-9-14/h10-12,14H,3-9H2,1-2H3,(H,20,23). The number of aryl methyl sites for hydroxylation is 1. The summed E-state index contributed by atoms with van der Waals surface area (Å²) in [7, 11) is 1.86. The molecule has 1 heterocycles. The van der Waals surface area contributed by atoms with Crippen LogP contribution < -0.4 is 11.1 Å². The zero-order valence-corrected chi connectivity index (χ0v) is 14.9. The van der Waals surface area contributed by atoms with Gasteiger partial charge in [0.2, 0.25) is 0 Å². The number of fused-ring (bicyclic) bond motifs is 1. The summed E-state index contributed by atoms with van der Waals surface area (Å²) in [5.41, 5.74) is 0.476. The molecule has 0 radical (unpaired) electrons. The zero-order chi connectivity index (χ0) is 18.0. The molecular formula is C19H25N3O3. The monoisotopic (exact) mass is 343 g/mol. The molecule has 6 heteroatoms. The predicted octanol–water partition coefficient (Wildman–Crippen LogP) is 2.50. The quantitative estimate of drug-likeness (QED) is 0.687. The second-order valence-electron chi connectivity index (χ2n) is 6.80. The lowest BCUT2D eigenvalue weighted by Gasteiger charge is -2.27. The van der Waals surface area contributed by atoms with E-state index in [0.717, 1.165) is 25.7 Å². The SMILES string of the molecule is CCn1c(=O)c(=O)[nH]c2cc(C(=O)N(C)C3CCCCCC3)ccc21. The summed E-state index contributed by atoms with van der Waals surface area (Å²) in [4.78, 5) is 41.1. The molecule has 3 rings (SSSR count). The molecule has 1 aromatic carbocycles. The van der Waals surface area contributed by atoms with Crippen molar-refractivity contribution < 1.29 is 4.79 Å². The highest BCUT2D eigenvalue weighted by Gasteiger charge is 2.22. The molecule has 6 nitrogen and oxygen atoms in total. The van der Waals surface area contributed by atoms with Crippen molar-refractivity contribution in [3.63, 3.8) is 0 Å². The number of carbonyl (C=O) groups excluding carboxylic acids is 1. The van der Waals surface area contributed by atoms with Gasteiger partial charge in [-0.15, -0.1) is 0 Å². The van der Waals surface area contributed by atoms with Gasteiger partial charge in [0.25, 0.3) is 5.91 Å². The van der Waals surface area contributed by atoms with E-state index in [9.17, 15) is 14.4 Å². The number of amides is 1. The van der Waals surface area contributed by atoms with Crippen molar-refractivity contribution in [3.05, 3.63) is 44.5 Å². The van der Waals surface area contributed by atoms with Crippen LogP contribution in [0.3, 0.4) is 0 Å². The summed E-state index contributed by atoms with van der Waals surface area (Å²) in [5, 5.41) is 0. The highest BCUT2D eigenvalue weighted by atomic mass is 16.2. The average molecular weight is 343 g/mol. The molecule has 2 aromatic rings. The van der Waals surface area contributed by atoms with Crippen LogP contribution in [-0.4, -0.2) is 33.4 Å². The molecule has 0 unspecified atom stereocenters. The van der Waals surface area contributed by atoms with Gasteiger partial charge in [-0.2, -0.15) is 0 Å². The summed E-state index contributed by atoms with van der Waals surface area (Å²) >= 11 is 0. The minimum Gasteiger partial charge on any atom is -0.339 e. The van der Waals surface area contributed by atoms with Gasteiger partial charge in [0.1, 0.15) is 0 Å². The van der Waals surface area contributed by atoms with Crippen LogP contribution in [-0.2, 0) is 6.54 Å². The molecule has 1 fully saturated rings. The van der Waals surface area contributed by atoms with Gasteiger partial charge in [0.15, 0.2) is 0 Å². The van der Waals surface area contributed by atoms with Gasteiger partial charge < -0.3 is 14.5 Å². The molecule has 0 saturated heterocycles. The zero-order valence-electron chi connectivity index (χ0n) is 14.9. The van der Waals surface area contributed by atoms with Crippen LogP contribution in [0.4, 0.5) is 0 Å². The minimum absolute atomic E-state index is 0.0381. The summed E-state index contributed by atoms with van der Waals surface area (Å²) in [6.45, 7) is 2.23. The lowest BCUT2D eigenvalue weighted by molar-refractivity contribution is 0.0718. The lowest BCUT2D eigenvalue weighted by atomic mass is 10.1. The van der Waals surface area contributed by atoms with Crippen LogP contribution in [0.15, 0.2) is 27.8 Å². The van der Waals surface area contributed by atoms with Gasteiger partial charge >= 0.3 is 11.1 Å².